The molecule has 1 aliphatic rings. The van der Waals surface area contributed by atoms with E-state index < -0.39 is 0 Å². The Morgan fingerprint density at radius 1 is 1.05 bits per heavy atom. The van der Waals surface area contributed by atoms with Gasteiger partial charge in [0.15, 0.2) is 5.65 Å². The Morgan fingerprint density at radius 3 is 2.76 bits per heavy atom. The molecule has 0 atom stereocenters. The molecule has 6 rings (SSSR count). The largest absolute Gasteiger partial charge is 0.384 e. The number of nitrogens with one attached hydrogen (secondary N) is 4. The number of halogens is 1. The molecule has 37 heavy (non-hydrogen) atoms. The van der Waals surface area contributed by atoms with Gasteiger partial charge in [0.05, 0.1) is 17.1 Å². The fourth-order valence-electron chi connectivity index (χ4n) is 5.17. The van der Waals surface area contributed by atoms with Gasteiger partial charge in [0.25, 0.3) is 0 Å². The second-order valence-corrected chi connectivity index (χ2v) is 10.0. The summed E-state index contributed by atoms with van der Waals surface area (Å²) in [4.78, 5) is 14.9. The zero-order valence-corrected chi connectivity index (χ0v) is 21.1. The SMILES string of the molecule is CN(C)CCNc1cc(F)cc(-c2nccc3[nH]c(-c4[nH]nc5ncc(C6CCNCC6)cc45)cc23)c1. The van der Waals surface area contributed by atoms with Crippen molar-refractivity contribution in [3.05, 3.63) is 60.2 Å². The Bertz CT molecular complexity index is 1550. The molecule has 0 spiro atoms. The van der Waals surface area contributed by atoms with Crippen molar-refractivity contribution < 1.29 is 4.39 Å². The van der Waals surface area contributed by atoms with Crippen LogP contribution in [0, 0.1) is 5.82 Å². The van der Waals surface area contributed by atoms with Gasteiger partial charge in [0.1, 0.15) is 5.82 Å². The molecule has 4 N–H and O–H groups in total. The van der Waals surface area contributed by atoms with Crippen molar-refractivity contribution in [2.24, 2.45) is 0 Å². The van der Waals surface area contributed by atoms with Crippen molar-refractivity contribution in [1.29, 1.82) is 0 Å². The van der Waals surface area contributed by atoms with Crippen LogP contribution in [-0.2, 0) is 0 Å². The van der Waals surface area contributed by atoms with Crippen LogP contribution in [0.15, 0.2) is 48.8 Å². The molecule has 1 aromatic carbocycles. The standard InChI is InChI=1S/C28H31FN8/c1-37(2)10-9-31-21-12-18(11-20(29)14-21)26-22-15-25(34-24(22)5-8-32-26)27-23-13-19(16-33-28(23)36-35-27)17-3-6-30-7-4-17/h5,8,11-17,30-31,34H,3-4,6-7,9-10H2,1-2H3,(H,33,35,36). The Morgan fingerprint density at radius 2 is 1.92 bits per heavy atom. The smallest absolute Gasteiger partial charge is 0.181 e. The summed E-state index contributed by atoms with van der Waals surface area (Å²) in [6, 6.07) is 11.2. The fourth-order valence-corrected chi connectivity index (χ4v) is 5.17. The number of hydrogen-bond donors (Lipinski definition) is 4. The van der Waals surface area contributed by atoms with E-state index in [4.69, 9.17) is 0 Å². The molecule has 0 unspecified atom stereocenters. The van der Waals surface area contributed by atoms with E-state index in [1.54, 1.807) is 6.20 Å². The third-order valence-electron chi connectivity index (χ3n) is 7.12. The highest BCUT2D eigenvalue weighted by Crippen LogP contribution is 2.35. The summed E-state index contributed by atoms with van der Waals surface area (Å²) in [5.74, 6) is 0.211. The van der Waals surface area contributed by atoms with Gasteiger partial charge in [-0.1, -0.05) is 0 Å². The van der Waals surface area contributed by atoms with Gasteiger partial charge in [0, 0.05) is 53.0 Å². The van der Waals surface area contributed by atoms with Crippen molar-refractivity contribution in [3.63, 3.8) is 0 Å². The maximum absolute atomic E-state index is 14.6. The lowest BCUT2D eigenvalue weighted by Crippen LogP contribution is -2.26. The normalized spacial score (nSPS) is 14.7. The second kappa shape index (κ2) is 9.91. The van der Waals surface area contributed by atoms with Gasteiger partial charge < -0.3 is 20.5 Å². The summed E-state index contributed by atoms with van der Waals surface area (Å²) in [6.07, 6.45) is 5.94. The van der Waals surface area contributed by atoms with Crippen LogP contribution in [0.2, 0.25) is 0 Å². The van der Waals surface area contributed by atoms with E-state index in [0.29, 0.717) is 11.6 Å². The molecule has 1 fully saturated rings. The number of anilines is 1. The molecule has 190 valence electrons. The molecule has 1 aliphatic heterocycles. The summed E-state index contributed by atoms with van der Waals surface area (Å²) < 4.78 is 14.6. The summed E-state index contributed by atoms with van der Waals surface area (Å²) in [5, 5.41) is 16.3. The van der Waals surface area contributed by atoms with Gasteiger partial charge in [-0.3, -0.25) is 10.1 Å². The number of hydrogen-bond acceptors (Lipinski definition) is 6. The predicted molar refractivity (Wildman–Crippen MR) is 146 cm³/mol. The number of pyridine rings is 2. The van der Waals surface area contributed by atoms with Gasteiger partial charge in [0.2, 0.25) is 0 Å². The van der Waals surface area contributed by atoms with Crippen LogP contribution in [0.5, 0.6) is 0 Å². The summed E-state index contributed by atoms with van der Waals surface area (Å²) in [7, 11) is 4.03. The van der Waals surface area contributed by atoms with Crippen molar-refractivity contribution in [2.75, 3.05) is 45.6 Å². The number of likely N-dealkylation sites (N-methyl/N-ethyl adjacent to an activating group) is 1. The lowest BCUT2D eigenvalue weighted by atomic mass is 9.91. The lowest BCUT2D eigenvalue weighted by molar-refractivity contribution is 0.425. The number of aromatic amines is 2. The number of benzene rings is 1. The van der Waals surface area contributed by atoms with Gasteiger partial charge in [-0.25, -0.2) is 9.37 Å². The minimum absolute atomic E-state index is 0.296. The highest BCUT2D eigenvalue weighted by molar-refractivity contribution is 5.99. The van der Waals surface area contributed by atoms with Gasteiger partial charge in [-0.05, 0) is 87.9 Å². The summed E-state index contributed by atoms with van der Waals surface area (Å²) in [5.41, 5.74) is 6.87. The molecular weight excluding hydrogens is 467 g/mol. The third-order valence-corrected chi connectivity index (χ3v) is 7.12. The van der Waals surface area contributed by atoms with Crippen molar-refractivity contribution in [2.45, 2.75) is 18.8 Å². The highest BCUT2D eigenvalue weighted by atomic mass is 19.1. The molecule has 1 saturated heterocycles. The predicted octanol–water partition coefficient (Wildman–Crippen LogP) is 4.75. The number of aromatic nitrogens is 5. The van der Waals surface area contributed by atoms with Gasteiger partial charge in [-0.2, -0.15) is 5.10 Å². The maximum atomic E-state index is 14.6. The molecular formula is C28H31FN8. The third kappa shape index (κ3) is 4.80. The van der Waals surface area contributed by atoms with Gasteiger partial charge in [-0.15, -0.1) is 0 Å². The Balaban J connectivity index is 1.37. The van der Waals surface area contributed by atoms with E-state index in [9.17, 15) is 4.39 Å². The van der Waals surface area contributed by atoms with Crippen molar-refractivity contribution in [3.8, 4) is 22.6 Å². The summed E-state index contributed by atoms with van der Waals surface area (Å²) >= 11 is 0. The molecule has 0 amide bonds. The first-order valence-corrected chi connectivity index (χ1v) is 12.8. The van der Waals surface area contributed by atoms with Crippen LogP contribution < -0.4 is 10.6 Å². The van der Waals surface area contributed by atoms with Crippen LogP contribution in [-0.4, -0.2) is 70.3 Å². The van der Waals surface area contributed by atoms with Crippen LogP contribution in [0.3, 0.4) is 0 Å². The molecule has 5 aromatic rings. The Hall–Kier alpha value is -3.82. The van der Waals surface area contributed by atoms with E-state index in [0.717, 1.165) is 83.6 Å². The molecule has 0 radical (unpaired) electrons. The topological polar surface area (TPSA) is 97.5 Å². The maximum Gasteiger partial charge on any atom is 0.181 e. The van der Waals surface area contributed by atoms with E-state index in [-0.39, 0.29) is 5.82 Å². The highest BCUT2D eigenvalue weighted by Gasteiger charge is 2.19. The van der Waals surface area contributed by atoms with Crippen molar-refractivity contribution in [1.82, 2.24) is 35.4 Å². The van der Waals surface area contributed by atoms with E-state index in [1.165, 1.54) is 17.7 Å². The van der Waals surface area contributed by atoms with Crippen LogP contribution in [0.25, 0.3) is 44.6 Å². The first kappa shape index (κ1) is 23.6. The average molecular weight is 499 g/mol. The average Bonchev–Trinajstić information content (AvgIpc) is 3.52. The van der Waals surface area contributed by atoms with E-state index in [2.05, 4.69) is 52.8 Å². The number of rotatable bonds is 7. The van der Waals surface area contributed by atoms with Crippen LogP contribution in [0.1, 0.15) is 24.3 Å². The second-order valence-electron chi connectivity index (χ2n) is 10.0. The minimum atomic E-state index is -0.296. The molecule has 8 nitrogen and oxygen atoms in total. The number of piperidine rings is 1. The quantitative estimate of drug-likeness (QED) is 0.259. The van der Waals surface area contributed by atoms with E-state index >= 15 is 0 Å². The Labute approximate surface area is 214 Å². The molecule has 5 heterocycles. The Kier molecular flexibility index (Phi) is 6.31. The first-order valence-electron chi connectivity index (χ1n) is 12.8. The first-order chi connectivity index (χ1) is 18.0. The monoisotopic (exact) mass is 498 g/mol. The minimum Gasteiger partial charge on any atom is -0.384 e. The van der Waals surface area contributed by atoms with E-state index in [1.807, 2.05) is 32.4 Å². The zero-order chi connectivity index (χ0) is 25.4. The molecule has 4 aromatic heterocycles. The number of nitrogens with zero attached hydrogens (tertiary/aromatic N) is 4. The van der Waals surface area contributed by atoms with Crippen LogP contribution >= 0.6 is 0 Å². The lowest BCUT2D eigenvalue weighted by Gasteiger charge is -2.22. The van der Waals surface area contributed by atoms with Gasteiger partial charge >= 0.3 is 0 Å². The van der Waals surface area contributed by atoms with Crippen molar-refractivity contribution >= 4 is 27.6 Å². The molecule has 0 bridgehead atoms. The molecule has 0 saturated carbocycles. The number of H-pyrrole nitrogens is 2. The number of fused-ring (bicyclic) bond motifs is 2. The zero-order valence-electron chi connectivity index (χ0n) is 21.1. The summed E-state index contributed by atoms with van der Waals surface area (Å²) in [6.45, 7) is 3.65. The fraction of sp³-hybridized carbons (Fsp3) is 0.321. The van der Waals surface area contributed by atoms with Crippen LogP contribution in [0.4, 0.5) is 10.1 Å². The molecule has 0 aliphatic carbocycles. The molecule has 9 heteroatoms.